The molecule has 0 spiro atoms. The molecule has 0 saturated heterocycles. The van der Waals surface area contributed by atoms with E-state index in [1.54, 1.807) is 12.1 Å². The molecule has 0 aromatic heterocycles. The van der Waals surface area contributed by atoms with Gasteiger partial charge in [-0.2, -0.15) is 0 Å². The van der Waals surface area contributed by atoms with E-state index in [-0.39, 0.29) is 11.2 Å². The summed E-state index contributed by atoms with van der Waals surface area (Å²) in [6.07, 6.45) is 0. The van der Waals surface area contributed by atoms with Crippen LogP contribution in [0.2, 0.25) is 0 Å². The standard InChI is InChI=1S/C15H16OS2/c1-15(2,10-6-4-3-5-7-10)13-11(16)8-9-12(17)14(13)18/h3-9,16-18H,1-2H3. The Labute approximate surface area is 119 Å². The second-order valence-electron chi connectivity index (χ2n) is 4.82. The van der Waals surface area contributed by atoms with E-state index in [9.17, 15) is 5.11 Å². The second kappa shape index (κ2) is 4.90. The number of hydrogen-bond acceptors (Lipinski definition) is 3. The maximum Gasteiger partial charge on any atom is 0.120 e. The van der Waals surface area contributed by atoms with Crippen molar-refractivity contribution >= 4 is 25.3 Å². The van der Waals surface area contributed by atoms with Crippen LogP contribution < -0.4 is 0 Å². The smallest absolute Gasteiger partial charge is 0.120 e. The van der Waals surface area contributed by atoms with Gasteiger partial charge in [-0.15, -0.1) is 25.3 Å². The maximum absolute atomic E-state index is 10.1. The molecule has 0 amide bonds. The highest BCUT2D eigenvalue weighted by molar-refractivity contribution is 7.83. The van der Waals surface area contributed by atoms with Crippen molar-refractivity contribution < 1.29 is 5.11 Å². The van der Waals surface area contributed by atoms with Gasteiger partial charge in [-0.1, -0.05) is 44.2 Å². The van der Waals surface area contributed by atoms with Crippen LogP contribution in [0.1, 0.15) is 25.0 Å². The number of aromatic hydroxyl groups is 1. The number of hydrogen-bond donors (Lipinski definition) is 3. The largest absolute Gasteiger partial charge is 0.508 e. The van der Waals surface area contributed by atoms with Crippen molar-refractivity contribution in [2.75, 3.05) is 0 Å². The van der Waals surface area contributed by atoms with Crippen LogP contribution in [-0.4, -0.2) is 5.11 Å². The van der Waals surface area contributed by atoms with E-state index in [1.165, 1.54) is 0 Å². The second-order valence-corrected chi connectivity index (χ2v) is 5.75. The highest BCUT2D eigenvalue weighted by Gasteiger charge is 2.28. The number of phenolic OH excluding ortho intramolecular Hbond substituents is 1. The van der Waals surface area contributed by atoms with E-state index in [0.717, 1.165) is 20.9 Å². The molecule has 0 heterocycles. The number of thiol groups is 2. The van der Waals surface area contributed by atoms with Gasteiger partial charge in [0.25, 0.3) is 0 Å². The molecule has 0 aliphatic rings. The average Bonchev–Trinajstić information content (AvgIpc) is 2.35. The monoisotopic (exact) mass is 276 g/mol. The number of benzene rings is 2. The van der Waals surface area contributed by atoms with Crippen molar-refractivity contribution in [2.24, 2.45) is 0 Å². The van der Waals surface area contributed by atoms with Crippen molar-refractivity contribution in [2.45, 2.75) is 29.1 Å². The van der Waals surface area contributed by atoms with Gasteiger partial charge in [0, 0.05) is 20.8 Å². The molecule has 1 nitrogen and oxygen atoms in total. The van der Waals surface area contributed by atoms with Crippen LogP contribution in [0.15, 0.2) is 52.3 Å². The zero-order valence-electron chi connectivity index (χ0n) is 10.4. The zero-order valence-corrected chi connectivity index (χ0v) is 12.2. The van der Waals surface area contributed by atoms with Gasteiger partial charge in [-0.3, -0.25) is 0 Å². The fourth-order valence-corrected chi connectivity index (χ4v) is 2.84. The summed E-state index contributed by atoms with van der Waals surface area (Å²) in [5, 5.41) is 10.1. The molecule has 0 atom stereocenters. The summed E-state index contributed by atoms with van der Waals surface area (Å²) in [6.45, 7) is 4.15. The third-order valence-corrected chi connectivity index (χ3v) is 4.27. The summed E-state index contributed by atoms with van der Waals surface area (Å²) in [4.78, 5) is 1.50. The van der Waals surface area contributed by atoms with Crippen LogP contribution in [0.5, 0.6) is 5.75 Å². The van der Waals surface area contributed by atoms with Crippen LogP contribution in [-0.2, 0) is 5.41 Å². The quantitative estimate of drug-likeness (QED) is 0.699. The van der Waals surface area contributed by atoms with E-state index < -0.39 is 0 Å². The zero-order chi connectivity index (χ0) is 13.3. The normalized spacial score (nSPS) is 11.6. The lowest BCUT2D eigenvalue weighted by Gasteiger charge is -2.28. The van der Waals surface area contributed by atoms with Gasteiger partial charge in [0.15, 0.2) is 0 Å². The fourth-order valence-electron chi connectivity index (χ4n) is 2.18. The minimum absolute atomic E-state index is 0.256. The number of phenols is 1. The van der Waals surface area contributed by atoms with Crippen molar-refractivity contribution in [3.63, 3.8) is 0 Å². The molecule has 3 heteroatoms. The SMILES string of the molecule is CC(C)(c1ccccc1)c1c(O)ccc(S)c1S. The number of rotatable bonds is 2. The van der Waals surface area contributed by atoms with Gasteiger partial charge in [0.05, 0.1) is 0 Å². The first-order valence-corrected chi connectivity index (χ1v) is 6.64. The molecular formula is C15H16OS2. The minimum Gasteiger partial charge on any atom is -0.508 e. The third-order valence-electron chi connectivity index (χ3n) is 3.26. The van der Waals surface area contributed by atoms with Crippen LogP contribution in [0.3, 0.4) is 0 Å². The molecular weight excluding hydrogens is 260 g/mol. The molecule has 94 valence electrons. The van der Waals surface area contributed by atoms with Crippen molar-refractivity contribution in [1.29, 1.82) is 0 Å². The van der Waals surface area contributed by atoms with Gasteiger partial charge in [-0.25, -0.2) is 0 Å². The lowest BCUT2D eigenvalue weighted by molar-refractivity contribution is 0.447. The Kier molecular flexibility index (Phi) is 3.64. The van der Waals surface area contributed by atoms with Crippen molar-refractivity contribution in [3.05, 3.63) is 53.6 Å². The first kappa shape index (κ1) is 13.4. The summed E-state index contributed by atoms with van der Waals surface area (Å²) in [5.74, 6) is 0.256. The Hall–Kier alpha value is -1.06. The molecule has 2 rings (SSSR count). The highest BCUT2D eigenvalue weighted by Crippen LogP contribution is 2.42. The molecule has 0 unspecified atom stereocenters. The van der Waals surface area contributed by atoms with Gasteiger partial charge in [0.1, 0.15) is 5.75 Å². The highest BCUT2D eigenvalue weighted by atomic mass is 32.1. The summed E-state index contributed by atoms with van der Waals surface area (Å²) in [6, 6.07) is 13.5. The predicted octanol–water partition coefficient (Wildman–Crippen LogP) is 4.30. The van der Waals surface area contributed by atoms with Crippen molar-refractivity contribution in [1.82, 2.24) is 0 Å². The van der Waals surface area contributed by atoms with Gasteiger partial charge in [-0.05, 0) is 17.7 Å². The third kappa shape index (κ3) is 2.25. The molecule has 18 heavy (non-hydrogen) atoms. The Bertz CT molecular complexity index is 562. The predicted molar refractivity (Wildman–Crippen MR) is 81.2 cm³/mol. The first-order valence-electron chi connectivity index (χ1n) is 5.74. The maximum atomic E-state index is 10.1. The molecule has 0 aliphatic carbocycles. The average molecular weight is 276 g/mol. The minimum atomic E-state index is -0.318. The molecule has 0 fully saturated rings. The van der Waals surface area contributed by atoms with E-state index in [4.69, 9.17) is 0 Å². The lowest BCUT2D eigenvalue weighted by Crippen LogP contribution is -2.20. The molecule has 2 aromatic rings. The summed E-state index contributed by atoms with van der Waals surface area (Å²) in [7, 11) is 0. The van der Waals surface area contributed by atoms with E-state index >= 15 is 0 Å². The lowest BCUT2D eigenvalue weighted by atomic mass is 9.77. The molecule has 0 bridgehead atoms. The summed E-state index contributed by atoms with van der Waals surface area (Å²) in [5.41, 5.74) is 1.63. The van der Waals surface area contributed by atoms with Crippen LogP contribution in [0.25, 0.3) is 0 Å². The Balaban J connectivity index is 2.65. The van der Waals surface area contributed by atoms with E-state index in [1.807, 2.05) is 18.2 Å². The summed E-state index contributed by atoms with van der Waals surface area (Å²) >= 11 is 8.86. The van der Waals surface area contributed by atoms with E-state index in [2.05, 4.69) is 51.2 Å². The Morgan fingerprint density at radius 3 is 2.17 bits per heavy atom. The molecule has 0 aliphatic heterocycles. The molecule has 0 saturated carbocycles. The van der Waals surface area contributed by atoms with Crippen LogP contribution in [0.4, 0.5) is 0 Å². The van der Waals surface area contributed by atoms with Crippen molar-refractivity contribution in [3.8, 4) is 5.75 Å². The van der Waals surface area contributed by atoms with Gasteiger partial charge >= 0.3 is 0 Å². The van der Waals surface area contributed by atoms with Crippen LogP contribution >= 0.6 is 25.3 Å². The fraction of sp³-hybridized carbons (Fsp3) is 0.200. The van der Waals surface area contributed by atoms with Gasteiger partial charge in [0.2, 0.25) is 0 Å². The van der Waals surface area contributed by atoms with Gasteiger partial charge < -0.3 is 5.11 Å². The molecule has 0 radical (unpaired) electrons. The molecule has 1 N–H and O–H groups in total. The first-order chi connectivity index (χ1) is 8.44. The van der Waals surface area contributed by atoms with Crippen LogP contribution in [0, 0.1) is 0 Å². The Morgan fingerprint density at radius 1 is 0.944 bits per heavy atom. The Morgan fingerprint density at radius 2 is 1.56 bits per heavy atom. The van der Waals surface area contributed by atoms with E-state index in [0.29, 0.717) is 0 Å². The topological polar surface area (TPSA) is 20.2 Å². The molecule has 2 aromatic carbocycles. The summed E-state index contributed by atoms with van der Waals surface area (Å²) < 4.78 is 0.